The van der Waals surface area contributed by atoms with Crippen molar-refractivity contribution in [1.29, 1.82) is 0 Å². The number of amides is 1. The molecule has 0 unspecified atom stereocenters. The van der Waals surface area contributed by atoms with E-state index in [0.717, 1.165) is 64.3 Å². The fourth-order valence-corrected chi connectivity index (χ4v) is 6.22. The molecule has 0 atom stereocenters. The van der Waals surface area contributed by atoms with Crippen molar-refractivity contribution in [2.24, 2.45) is 5.14 Å². The number of nitrogens with two attached hydrogens (primary N) is 1. The first-order chi connectivity index (χ1) is 20.1. The number of hydrogen-bond donors (Lipinski definition) is 2. The molecule has 1 aliphatic rings. The third-order valence-electron chi connectivity index (χ3n) is 8.11. The Bertz CT molecular complexity index is 1490. The minimum absolute atomic E-state index is 0.0867. The number of carbonyl (C=O) groups is 2. The predicted molar refractivity (Wildman–Crippen MR) is 164 cm³/mol. The van der Waals surface area contributed by atoms with Gasteiger partial charge in [0, 0.05) is 25.5 Å². The van der Waals surface area contributed by atoms with Crippen LogP contribution in [0.25, 0.3) is 22.2 Å². The van der Waals surface area contributed by atoms with E-state index in [1.807, 2.05) is 41.0 Å². The van der Waals surface area contributed by atoms with Crippen LogP contribution in [-0.2, 0) is 26.3 Å². The van der Waals surface area contributed by atoms with Gasteiger partial charge >= 0.3 is 5.97 Å². The van der Waals surface area contributed by atoms with Crippen LogP contribution in [-0.4, -0.2) is 63.5 Å². The second-order valence-corrected chi connectivity index (χ2v) is 12.6. The molecule has 1 aliphatic carbocycles. The van der Waals surface area contributed by atoms with Crippen molar-refractivity contribution in [3.63, 3.8) is 0 Å². The van der Waals surface area contributed by atoms with Crippen molar-refractivity contribution in [2.75, 3.05) is 34.4 Å². The Kier molecular flexibility index (Phi) is 10.6. The van der Waals surface area contributed by atoms with Gasteiger partial charge in [0.15, 0.2) is 0 Å². The SMILES string of the molecule is COC(=O)c1ccc2c(C3CCCCC3)c(-c3ccc(OC)cc3)n(CC(=O)NCCCCCN(C)S(N)(=O)=O)c2c1. The van der Waals surface area contributed by atoms with Crippen LogP contribution in [0.4, 0.5) is 0 Å². The van der Waals surface area contributed by atoms with Crippen LogP contribution < -0.4 is 15.2 Å². The van der Waals surface area contributed by atoms with E-state index in [-0.39, 0.29) is 12.5 Å². The summed E-state index contributed by atoms with van der Waals surface area (Å²) < 4.78 is 36.3. The number of fused-ring (bicyclic) bond motifs is 1. The van der Waals surface area contributed by atoms with Gasteiger partial charge in [0.25, 0.3) is 10.2 Å². The highest BCUT2D eigenvalue weighted by molar-refractivity contribution is 7.86. The number of nitrogens with zero attached hydrogens (tertiary/aromatic N) is 2. The average molecular weight is 599 g/mol. The summed E-state index contributed by atoms with van der Waals surface area (Å²) in [7, 11) is 0.765. The Morgan fingerprint density at radius 1 is 1.02 bits per heavy atom. The number of nitrogens with one attached hydrogen (secondary N) is 1. The van der Waals surface area contributed by atoms with E-state index in [9.17, 15) is 18.0 Å². The topological polar surface area (TPSA) is 133 Å². The van der Waals surface area contributed by atoms with Crippen LogP contribution in [0.1, 0.15) is 73.2 Å². The molecule has 0 bridgehead atoms. The summed E-state index contributed by atoms with van der Waals surface area (Å²) >= 11 is 0. The lowest BCUT2D eigenvalue weighted by molar-refractivity contribution is -0.121. The Labute approximate surface area is 248 Å². The molecule has 0 spiro atoms. The van der Waals surface area contributed by atoms with E-state index in [4.69, 9.17) is 14.6 Å². The molecule has 3 N–H and O–H groups in total. The molecule has 2 aromatic carbocycles. The number of esters is 1. The van der Waals surface area contributed by atoms with Crippen molar-refractivity contribution in [2.45, 2.75) is 63.8 Å². The van der Waals surface area contributed by atoms with Crippen molar-refractivity contribution in [3.05, 3.63) is 53.6 Å². The molecule has 4 rings (SSSR count). The predicted octanol–water partition coefficient (Wildman–Crippen LogP) is 4.57. The van der Waals surface area contributed by atoms with Crippen LogP contribution in [0.2, 0.25) is 0 Å². The molecular formula is C31H42N4O6S. The normalized spacial score (nSPS) is 14.3. The summed E-state index contributed by atoms with van der Waals surface area (Å²) in [4.78, 5) is 25.8. The van der Waals surface area contributed by atoms with Gasteiger partial charge in [-0.25, -0.2) is 9.93 Å². The maximum atomic E-state index is 13.3. The lowest BCUT2D eigenvalue weighted by atomic mass is 9.82. The van der Waals surface area contributed by atoms with Gasteiger partial charge in [-0.3, -0.25) is 4.79 Å². The number of benzene rings is 2. The minimum atomic E-state index is -3.68. The van der Waals surface area contributed by atoms with Crippen molar-refractivity contribution in [1.82, 2.24) is 14.2 Å². The zero-order valence-electron chi connectivity index (χ0n) is 24.7. The van der Waals surface area contributed by atoms with E-state index in [1.54, 1.807) is 13.2 Å². The minimum Gasteiger partial charge on any atom is -0.497 e. The highest BCUT2D eigenvalue weighted by atomic mass is 32.2. The number of aromatic nitrogens is 1. The molecule has 0 saturated heterocycles. The lowest BCUT2D eigenvalue weighted by Gasteiger charge is -2.24. The van der Waals surface area contributed by atoms with E-state index in [2.05, 4.69) is 5.32 Å². The van der Waals surface area contributed by atoms with Gasteiger partial charge in [0.05, 0.1) is 31.0 Å². The van der Waals surface area contributed by atoms with Crippen molar-refractivity contribution < 1.29 is 27.5 Å². The van der Waals surface area contributed by atoms with E-state index in [1.165, 1.54) is 26.1 Å². The number of carbonyl (C=O) groups excluding carboxylic acids is 2. The van der Waals surface area contributed by atoms with Gasteiger partial charge in [0.2, 0.25) is 5.91 Å². The fourth-order valence-electron chi connectivity index (χ4n) is 5.84. The zero-order chi connectivity index (χ0) is 30.3. The fraction of sp³-hybridized carbons (Fsp3) is 0.484. The molecular weight excluding hydrogens is 556 g/mol. The van der Waals surface area contributed by atoms with E-state index < -0.39 is 16.2 Å². The molecule has 228 valence electrons. The van der Waals surface area contributed by atoms with Gasteiger partial charge in [-0.1, -0.05) is 31.7 Å². The van der Waals surface area contributed by atoms with Crippen LogP contribution >= 0.6 is 0 Å². The maximum Gasteiger partial charge on any atom is 0.337 e. The maximum absolute atomic E-state index is 13.3. The Balaban J connectivity index is 1.64. The number of hydrogen-bond acceptors (Lipinski definition) is 6. The number of unbranched alkanes of at least 4 members (excludes halogenated alkanes) is 2. The van der Waals surface area contributed by atoms with Gasteiger partial charge < -0.3 is 19.4 Å². The molecule has 3 aromatic rings. The first kappa shape index (κ1) is 31.5. The first-order valence-corrected chi connectivity index (χ1v) is 16.0. The largest absolute Gasteiger partial charge is 0.497 e. The second-order valence-electron chi connectivity index (χ2n) is 10.9. The molecule has 0 radical (unpaired) electrons. The molecule has 1 saturated carbocycles. The summed E-state index contributed by atoms with van der Waals surface area (Å²) in [5, 5.41) is 9.20. The van der Waals surface area contributed by atoms with Crippen LogP contribution in [0.15, 0.2) is 42.5 Å². The summed E-state index contributed by atoms with van der Waals surface area (Å²) in [6.07, 6.45) is 7.80. The van der Waals surface area contributed by atoms with E-state index >= 15 is 0 Å². The standard InChI is InChI=1S/C31H42N4O6S/c1-34(42(32,38)39)19-9-5-8-18-33-28(36)21-35-27-20-24(31(37)41-3)14-17-26(27)29(22-10-6-4-7-11-22)30(35)23-12-15-25(40-2)16-13-23/h12-17,20,22H,4-11,18-19,21H2,1-3H3,(H,33,36)(H2,32,38,39). The zero-order valence-corrected chi connectivity index (χ0v) is 25.5. The van der Waals surface area contributed by atoms with Crippen LogP contribution in [0, 0.1) is 0 Å². The smallest absolute Gasteiger partial charge is 0.337 e. The molecule has 1 fully saturated rings. The van der Waals surface area contributed by atoms with Gasteiger partial charge in [0.1, 0.15) is 12.3 Å². The van der Waals surface area contributed by atoms with Crippen molar-refractivity contribution >= 4 is 33.0 Å². The van der Waals surface area contributed by atoms with Gasteiger partial charge in [-0.05, 0) is 79.1 Å². The molecule has 1 heterocycles. The number of rotatable bonds is 13. The number of methoxy groups -OCH3 is 2. The highest BCUT2D eigenvalue weighted by Crippen LogP contribution is 2.44. The first-order valence-electron chi connectivity index (χ1n) is 14.5. The van der Waals surface area contributed by atoms with Crippen LogP contribution in [0.3, 0.4) is 0 Å². The molecule has 10 nitrogen and oxygen atoms in total. The summed E-state index contributed by atoms with van der Waals surface area (Å²) in [6.45, 7) is 0.890. The molecule has 1 amide bonds. The Hall–Kier alpha value is -3.41. The number of ether oxygens (including phenoxy) is 2. The quantitative estimate of drug-likeness (QED) is 0.219. The highest BCUT2D eigenvalue weighted by Gasteiger charge is 2.28. The second kappa shape index (κ2) is 14.2. The summed E-state index contributed by atoms with van der Waals surface area (Å²) in [6, 6.07) is 13.5. The monoisotopic (exact) mass is 598 g/mol. The molecule has 11 heteroatoms. The van der Waals surface area contributed by atoms with Crippen molar-refractivity contribution in [3.8, 4) is 17.0 Å². The average Bonchev–Trinajstić information content (AvgIpc) is 3.31. The van der Waals surface area contributed by atoms with Crippen LogP contribution in [0.5, 0.6) is 5.75 Å². The van der Waals surface area contributed by atoms with E-state index in [0.29, 0.717) is 37.4 Å². The third-order valence-corrected chi connectivity index (χ3v) is 9.16. The Morgan fingerprint density at radius 2 is 1.74 bits per heavy atom. The lowest BCUT2D eigenvalue weighted by Crippen LogP contribution is -2.34. The Morgan fingerprint density at radius 3 is 2.38 bits per heavy atom. The summed E-state index contributed by atoms with van der Waals surface area (Å²) in [5.41, 5.74) is 4.45. The van der Waals surface area contributed by atoms with Gasteiger partial charge in [-0.2, -0.15) is 12.7 Å². The molecule has 0 aliphatic heterocycles. The summed E-state index contributed by atoms with van der Waals surface area (Å²) in [5.74, 6) is 0.540. The molecule has 1 aromatic heterocycles. The van der Waals surface area contributed by atoms with Gasteiger partial charge in [-0.15, -0.1) is 0 Å². The molecule has 42 heavy (non-hydrogen) atoms. The third kappa shape index (κ3) is 7.50.